The van der Waals surface area contributed by atoms with E-state index in [4.69, 9.17) is 16.1 Å². The molecule has 7 nitrogen and oxygen atoms in total. The predicted octanol–water partition coefficient (Wildman–Crippen LogP) is 4.49. The lowest BCUT2D eigenvalue weighted by molar-refractivity contribution is 0.386. The summed E-state index contributed by atoms with van der Waals surface area (Å²) in [6.45, 7) is 1.72. The van der Waals surface area contributed by atoms with Gasteiger partial charge in [0.1, 0.15) is 0 Å². The third-order valence-electron chi connectivity index (χ3n) is 4.45. The maximum Gasteiger partial charge on any atom is 0.262 e. The number of para-hydroxylation sites is 1. The van der Waals surface area contributed by atoms with Crippen molar-refractivity contribution in [3.05, 3.63) is 89.0 Å². The van der Waals surface area contributed by atoms with Gasteiger partial charge in [-0.25, -0.2) is 8.42 Å². The number of nitrogens with zero attached hydrogens (tertiary/aromatic N) is 3. The van der Waals surface area contributed by atoms with E-state index in [0.29, 0.717) is 33.6 Å². The van der Waals surface area contributed by atoms with E-state index in [0.717, 1.165) is 5.56 Å². The Hall–Kier alpha value is -3.23. The van der Waals surface area contributed by atoms with Gasteiger partial charge >= 0.3 is 0 Å². The normalized spacial score (nSPS) is 11.4. The molecule has 0 saturated carbocycles. The summed E-state index contributed by atoms with van der Waals surface area (Å²) < 4.78 is 33.9. The van der Waals surface area contributed by atoms with Gasteiger partial charge in [0.25, 0.3) is 10.0 Å². The average molecular weight is 441 g/mol. The quantitative estimate of drug-likeness (QED) is 0.474. The number of pyridine rings is 1. The van der Waals surface area contributed by atoms with Crippen molar-refractivity contribution < 1.29 is 12.9 Å². The lowest BCUT2D eigenvalue weighted by Gasteiger charge is -2.13. The molecule has 0 radical (unpaired) electrons. The number of benzene rings is 2. The number of anilines is 1. The molecule has 0 saturated heterocycles. The van der Waals surface area contributed by atoms with E-state index < -0.39 is 10.0 Å². The Balaban J connectivity index is 1.61. The summed E-state index contributed by atoms with van der Waals surface area (Å²) in [5, 5.41) is 4.34. The second-order valence-electron chi connectivity index (χ2n) is 6.60. The van der Waals surface area contributed by atoms with Crippen molar-refractivity contribution in [3.8, 4) is 11.4 Å². The Morgan fingerprint density at radius 3 is 2.63 bits per heavy atom. The summed E-state index contributed by atoms with van der Waals surface area (Å²) in [6.07, 6.45) is 3.56. The van der Waals surface area contributed by atoms with E-state index in [2.05, 4.69) is 19.8 Å². The van der Waals surface area contributed by atoms with E-state index in [1.165, 1.54) is 6.07 Å². The van der Waals surface area contributed by atoms with Gasteiger partial charge in [0.05, 0.1) is 17.0 Å². The van der Waals surface area contributed by atoms with Gasteiger partial charge in [0.15, 0.2) is 0 Å². The lowest BCUT2D eigenvalue weighted by atomic mass is 10.1. The molecule has 2 heterocycles. The minimum absolute atomic E-state index is 0.127. The molecule has 0 bridgehead atoms. The van der Waals surface area contributed by atoms with Crippen molar-refractivity contribution in [2.24, 2.45) is 0 Å². The fraction of sp³-hybridized carbons (Fsp3) is 0.0952. The van der Waals surface area contributed by atoms with Crippen LogP contribution in [0.5, 0.6) is 0 Å². The van der Waals surface area contributed by atoms with Crippen LogP contribution in [-0.2, 0) is 16.4 Å². The third kappa shape index (κ3) is 4.34. The van der Waals surface area contributed by atoms with Crippen molar-refractivity contribution >= 4 is 27.3 Å². The molecule has 30 heavy (non-hydrogen) atoms. The molecule has 0 aliphatic rings. The van der Waals surface area contributed by atoms with Crippen molar-refractivity contribution in [1.29, 1.82) is 0 Å². The van der Waals surface area contributed by atoms with E-state index in [1.54, 1.807) is 61.8 Å². The molecule has 1 N–H and O–H groups in total. The van der Waals surface area contributed by atoms with Crippen molar-refractivity contribution in [2.75, 3.05) is 4.72 Å². The van der Waals surface area contributed by atoms with Gasteiger partial charge in [-0.3, -0.25) is 9.71 Å². The molecule has 0 spiro atoms. The molecule has 4 rings (SSSR count). The van der Waals surface area contributed by atoms with E-state index >= 15 is 0 Å². The number of halogens is 1. The second kappa shape index (κ2) is 8.25. The molecule has 152 valence electrons. The average Bonchev–Trinajstić information content (AvgIpc) is 3.20. The summed E-state index contributed by atoms with van der Waals surface area (Å²) in [5.74, 6) is 0.812. The van der Waals surface area contributed by atoms with Crippen LogP contribution in [0.1, 0.15) is 17.0 Å². The first-order valence-electron chi connectivity index (χ1n) is 9.02. The zero-order valence-corrected chi connectivity index (χ0v) is 17.5. The predicted molar refractivity (Wildman–Crippen MR) is 114 cm³/mol. The molecule has 9 heteroatoms. The largest absolute Gasteiger partial charge is 0.339 e. The molecule has 0 fully saturated rings. The van der Waals surface area contributed by atoms with E-state index in [1.807, 2.05) is 6.07 Å². The first-order valence-corrected chi connectivity index (χ1v) is 10.9. The summed E-state index contributed by atoms with van der Waals surface area (Å²) in [4.78, 5) is 8.49. The number of aryl methyl sites for hydroxylation is 1. The molecule has 0 unspecified atom stereocenters. The third-order valence-corrected chi connectivity index (χ3v) is 6.19. The van der Waals surface area contributed by atoms with E-state index in [-0.39, 0.29) is 11.3 Å². The van der Waals surface area contributed by atoms with Crippen LogP contribution in [0.4, 0.5) is 5.69 Å². The standard InChI is InChI=1S/C21H17ClN4O3S/c1-14-6-7-17(22)13-19(14)30(27,28)26-18-5-3-2-4-16(18)12-20-24-21(25-29-20)15-8-10-23-11-9-15/h2-11,13,26H,12H2,1H3. The molecule has 0 amide bonds. The van der Waals surface area contributed by atoms with Gasteiger partial charge in [-0.05, 0) is 48.4 Å². The number of rotatable bonds is 6. The van der Waals surface area contributed by atoms with Gasteiger partial charge in [-0.2, -0.15) is 4.98 Å². The van der Waals surface area contributed by atoms with Gasteiger partial charge in [-0.15, -0.1) is 0 Å². The van der Waals surface area contributed by atoms with Crippen LogP contribution in [-0.4, -0.2) is 23.5 Å². The van der Waals surface area contributed by atoms with Gasteiger partial charge in [0, 0.05) is 23.0 Å². The zero-order valence-electron chi connectivity index (χ0n) is 15.9. The minimum atomic E-state index is -3.83. The summed E-state index contributed by atoms with van der Waals surface area (Å²) in [7, 11) is -3.83. The Morgan fingerprint density at radius 2 is 1.83 bits per heavy atom. The Morgan fingerprint density at radius 1 is 1.07 bits per heavy atom. The fourth-order valence-electron chi connectivity index (χ4n) is 2.95. The van der Waals surface area contributed by atoms with Crippen molar-refractivity contribution in [3.63, 3.8) is 0 Å². The highest BCUT2D eigenvalue weighted by Crippen LogP contribution is 2.26. The highest BCUT2D eigenvalue weighted by molar-refractivity contribution is 7.92. The molecular weight excluding hydrogens is 424 g/mol. The minimum Gasteiger partial charge on any atom is -0.339 e. The van der Waals surface area contributed by atoms with Gasteiger partial charge in [0.2, 0.25) is 11.7 Å². The highest BCUT2D eigenvalue weighted by Gasteiger charge is 2.20. The number of sulfonamides is 1. The fourth-order valence-corrected chi connectivity index (χ4v) is 4.55. The molecular formula is C21H17ClN4O3S. The van der Waals surface area contributed by atoms with E-state index in [9.17, 15) is 8.42 Å². The Labute approximate surface area is 178 Å². The number of aromatic nitrogens is 3. The molecule has 2 aromatic carbocycles. The second-order valence-corrected chi connectivity index (χ2v) is 8.68. The van der Waals surface area contributed by atoms with Gasteiger partial charge in [-0.1, -0.05) is 41.0 Å². The Bertz CT molecular complexity index is 1290. The SMILES string of the molecule is Cc1ccc(Cl)cc1S(=O)(=O)Nc1ccccc1Cc1nc(-c2ccncc2)no1. The van der Waals surface area contributed by atoms with Crippen LogP contribution in [0.3, 0.4) is 0 Å². The number of nitrogens with one attached hydrogen (secondary N) is 1. The summed E-state index contributed by atoms with van der Waals surface area (Å²) in [6, 6.07) is 15.4. The first kappa shape index (κ1) is 20.1. The highest BCUT2D eigenvalue weighted by atomic mass is 35.5. The molecule has 0 aliphatic carbocycles. The van der Waals surface area contributed by atoms with Crippen molar-refractivity contribution in [2.45, 2.75) is 18.2 Å². The van der Waals surface area contributed by atoms with Crippen LogP contribution >= 0.6 is 11.6 Å². The van der Waals surface area contributed by atoms with Crippen LogP contribution in [0, 0.1) is 6.92 Å². The summed E-state index contributed by atoms with van der Waals surface area (Å²) >= 11 is 5.99. The lowest BCUT2D eigenvalue weighted by Crippen LogP contribution is -2.15. The van der Waals surface area contributed by atoms with Crippen LogP contribution < -0.4 is 4.72 Å². The zero-order chi connectivity index (χ0) is 21.1. The molecule has 4 aromatic rings. The maximum atomic E-state index is 12.9. The first-order chi connectivity index (χ1) is 14.4. The number of hydrogen-bond acceptors (Lipinski definition) is 6. The van der Waals surface area contributed by atoms with Crippen LogP contribution in [0.15, 0.2) is 76.4 Å². The maximum absolute atomic E-state index is 12.9. The van der Waals surface area contributed by atoms with Gasteiger partial charge < -0.3 is 4.52 Å². The smallest absolute Gasteiger partial charge is 0.262 e. The molecule has 0 atom stereocenters. The topological polar surface area (TPSA) is 98.0 Å². The van der Waals surface area contributed by atoms with Crippen LogP contribution in [0.25, 0.3) is 11.4 Å². The monoisotopic (exact) mass is 440 g/mol. The van der Waals surface area contributed by atoms with Crippen molar-refractivity contribution in [1.82, 2.24) is 15.1 Å². The van der Waals surface area contributed by atoms with Crippen LogP contribution in [0.2, 0.25) is 5.02 Å². The molecule has 2 aromatic heterocycles. The summed E-state index contributed by atoms with van der Waals surface area (Å²) in [5.41, 5.74) is 2.51. The molecule has 0 aliphatic heterocycles. The number of hydrogen-bond donors (Lipinski definition) is 1. The Kier molecular flexibility index (Phi) is 5.52.